The molecule has 0 saturated heterocycles. The minimum Gasteiger partial charge on any atom is -0.493 e. The SMILES string of the molecule is COc1ccc(CCN(C)CCCN2COc3ccc(NC(C)=O)cc3C2=O)cc1OC.Cl. The molecule has 0 radical (unpaired) electrons. The van der Waals surface area contributed by atoms with Crippen LogP contribution in [0.1, 0.15) is 29.3 Å². The fraction of sp³-hybridized carbons (Fsp3) is 0.417. The number of nitrogens with zero attached hydrogens (tertiary/aromatic N) is 2. The Hall–Kier alpha value is -2.97. The quantitative estimate of drug-likeness (QED) is 0.564. The molecule has 0 unspecified atom stereocenters. The molecule has 3 rings (SSSR count). The molecule has 180 valence electrons. The number of anilines is 1. The molecule has 2 amide bonds. The van der Waals surface area contributed by atoms with Gasteiger partial charge in [0, 0.05) is 25.7 Å². The number of fused-ring (bicyclic) bond motifs is 1. The zero-order valence-corrected chi connectivity index (χ0v) is 20.4. The predicted octanol–water partition coefficient (Wildman–Crippen LogP) is 3.44. The summed E-state index contributed by atoms with van der Waals surface area (Å²) < 4.78 is 16.4. The Morgan fingerprint density at radius 3 is 2.58 bits per heavy atom. The van der Waals surface area contributed by atoms with E-state index in [1.165, 1.54) is 12.5 Å². The first-order chi connectivity index (χ1) is 15.4. The summed E-state index contributed by atoms with van der Waals surface area (Å²) in [5.74, 6) is 1.75. The maximum Gasteiger partial charge on any atom is 0.260 e. The summed E-state index contributed by atoms with van der Waals surface area (Å²) in [7, 11) is 5.34. The van der Waals surface area contributed by atoms with Gasteiger partial charge >= 0.3 is 0 Å². The summed E-state index contributed by atoms with van der Waals surface area (Å²) in [5, 5.41) is 2.70. The first kappa shape index (κ1) is 26.3. The normalized spacial score (nSPS) is 12.5. The van der Waals surface area contributed by atoms with Gasteiger partial charge in [-0.1, -0.05) is 6.07 Å². The van der Waals surface area contributed by atoms with Crippen LogP contribution in [0.15, 0.2) is 36.4 Å². The molecular formula is C24H32ClN3O5. The minimum atomic E-state index is -0.179. The van der Waals surface area contributed by atoms with Gasteiger partial charge < -0.3 is 29.3 Å². The average Bonchev–Trinajstić information content (AvgIpc) is 2.79. The summed E-state index contributed by atoms with van der Waals surface area (Å²) in [4.78, 5) is 28.1. The van der Waals surface area contributed by atoms with Gasteiger partial charge in [0.2, 0.25) is 5.91 Å². The van der Waals surface area contributed by atoms with Crippen molar-refractivity contribution in [2.75, 3.05) is 52.9 Å². The Kier molecular flexibility index (Phi) is 9.81. The molecule has 0 aromatic heterocycles. The second kappa shape index (κ2) is 12.3. The maximum atomic E-state index is 12.9. The monoisotopic (exact) mass is 477 g/mol. The van der Waals surface area contributed by atoms with E-state index in [1.54, 1.807) is 37.3 Å². The standard InChI is InChI=1S/C24H31N3O5.ClH/c1-17(28)25-19-7-9-21-20(15-19)24(29)27(16-32-21)12-5-11-26(2)13-10-18-6-8-22(30-3)23(14-18)31-4;/h6-9,14-15H,5,10-13,16H2,1-4H3,(H,25,28);1H. The molecule has 1 heterocycles. The van der Waals surface area contributed by atoms with Gasteiger partial charge in [-0.2, -0.15) is 0 Å². The van der Waals surface area contributed by atoms with Gasteiger partial charge in [0.05, 0.1) is 19.8 Å². The van der Waals surface area contributed by atoms with Crippen molar-refractivity contribution in [3.05, 3.63) is 47.5 Å². The second-order valence-corrected chi connectivity index (χ2v) is 7.83. The lowest BCUT2D eigenvalue weighted by Gasteiger charge is -2.29. The number of carbonyl (C=O) groups is 2. The van der Waals surface area contributed by atoms with Crippen LogP contribution in [0.5, 0.6) is 17.2 Å². The highest BCUT2D eigenvalue weighted by atomic mass is 35.5. The van der Waals surface area contributed by atoms with Crippen LogP contribution >= 0.6 is 12.4 Å². The van der Waals surface area contributed by atoms with E-state index in [4.69, 9.17) is 14.2 Å². The summed E-state index contributed by atoms with van der Waals surface area (Å²) >= 11 is 0. The molecule has 33 heavy (non-hydrogen) atoms. The maximum absolute atomic E-state index is 12.9. The first-order valence-electron chi connectivity index (χ1n) is 10.6. The van der Waals surface area contributed by atoms with Crippen molar-refractivity contribution in [2.24, 2.45) is 0 Å². The number of amides is 2. The van der Waals surface area contributed by atoms with Crippen LogP contribution in [0, 0.1) is 0 Å². The molecule has 2 aromatic rings. The van der Waals surface area contributed by atoms with Crippen molar-refractivity contribution < 1.29 is 23.8 Å². The van der Waals surface area contributed by atoms with Gasteiger partial charge in [0.1, 0.15) is 5.75 Å². The van der Waals surface area contributed by atoms with Crippen molar-refractivity contribution in [3.63, 3.8) is 0 Å². The summed E-state index contributed by atoms with van der Waals surface area (Å²) in [6, 6.07) is 11.1. The van der Waals surface area contributed by atoms with Crippen LogP contribution in [0.3, 0.4) is 0 Å². The number of halogens is 1. The third-order valence-corrected chi connectivity index (χ3v) is 5.39. The lowest BCUT2D eigenvalue weighted by molar-refractivity contribution is -0.114. The van der Waals surface area contributed by atoms with Crippen LogP contribution in [0.25, 0.3) is 0 Å². The second-order valence-electron chi connectivity index (χ2n) is 7.83. The first-order valence-corrected chi connectivity index (χ1v) is 10.6. The zero-order valence-electron chi connectivity index (χ0n) is 19.6. The van der Waals surface area contributed by atoms with Gasteiger partial charge in [0.25, 0.3) is 5.91 Å². The van der Waals surface area contributed by atoms with Gasteiger partial charge in [-0.25, -0.2) is 0 Å². The highest BCUT2D eigenvalue weighted by Crippen LogP contribution is 2.29. The van der Waals surface area contributed by atoms with Gasteiger partial charge in [-0.15, -0.1) is 12.4 Å². The Morgan fingerprint density at radius 1 is 1.12 bits per heavy atom. The highest BCUT2D eigenvalue weighted by molar-refractivity contribution is 5.99. The van der Waals surface area contributed by atoms with Crippen molar-refractivity contribution in [1.29, 1.82) is 0 Å². The molecular weight excluding hydrogens is 446 g/mol. The van der Waals surface area contributed by atoms with Crippen molar-refractivity contribution in [1.82, 2.24) is 9.80 Å². The van der Waals surface area contributed by atoms with E-state index in [1.807, 2.05) is 18.2 Å². The molecule has 0 atom stereocenters. The summed E-state index contributed by atoms with van der Waals surface area (Å²) in [5.41, 5.74) is 2.25. The van der Waals surface area contributed by atoms with E-state index in [-0.39, 0.29) is 31.0 Å². The van der Waals surface area contributed by atoms with E-state index in [9.17, 15) is 9.59 Å². The van der Waals surface area contributed by atoms with Gasteiger partial charge in [0.15, 0.2) is 18.2 Å². The molecule has 0 fully saturated rings. The fourth-order valence-corrected chi connectivity index (χ4v) is 3.65. The number of hydrogen-bond acceptors (Lipinski definition) is 6. The molecule has 1 aliphatic heterocycles. The van der Waals surface area contributed by atoms with E-state index in [2.05, 4.69) is 17.3 Å². The Bertz CT molecular complexity index is 969. The van der Waals surface area contributed by atoms with Gasteiger partial charge in [-0.05, 0) is 62.3 Å². The van der Waals surface area contributed by atoms with E-state index >= 15 is 0 Å². The van der Waals surface area contributed by atoms with E-state index in [0.29, 0.717) is 23.5 Å². The largest absolute Gasteiger partial charge is 0.493 e. The lowest BCUT2D eigenvalue weighted by Crippen LogP contribution is -2.40. The summed E-state index contributed by atoms with van der Waals surface area (Å²) in [6.45, 7) is 4.02. The van der Waals surface area contributed by atoms with Gasteiger partial charge in [-0.3, -0.25) is 9.59 Å². The number of hydrogen-bond donors (Lipinski definition) is 1. The molecule has 0 saturated carbocycles. The number of nitrogens with one attached hydrogen (secondary N) is 1. The lowest BCUT2D eigenvalue weighted by atomic mass is 10.1. The Labute approximate surface area is 201 Å². The molecule has 1 aliphatic rings. The van der Waals surface area contributed by atoms with E-state index in [0.717, 1.165) is 37.4 Å². The van der Waals surface area contributed by atoms with Crippen molar-refractivity contribution >= 4 is 29.9 Å². The molecule has 0 aliphatic carbocycles. The topological polar surface area (TPSA) is 80.3 Å². The average molecular weight is 478 g/mol. The smallest absolute Gasteiger partial charge is 0.260 e. The van der Waals surface area contributed by atoms with Crippen LogP contribution in [0.2, 0.25) is 0 Å². The molecule has 2 aromatic carbocycles. The van der Waals surface area contributed by atoms with E-state index < -0.39 is 0 Å². The predicted molar refractivity (Wildman–Crippen MR) is 130 cm³/mol. The van der Waals surface area contributed by atoms with Crippen molar-refractivity contribution in [3.8, 4) is 17.2 Å². The fourth-order valence-electron chi connectivity index (χ4n) is 3.65. The number of rotatable bonds is 10. The van der Waals surface area contributed by atoms with Crippen molar-refractivity contribution in [2.45, 2.75) is 19.8 Å². The molecule has 1 N–H and O–H groups in total. The number of carbonyl (C=O) groups excluding carboxylic acids is 2. The Morgan fingerprint density at radius 2 is 1.88 bits per heavy atom. The van der Waals surface area contributed by atoms with Crippen LogP contribution in [-0.4, -0.2) is 69.2 Å². The molecule has 8 nitrogen and oxygen atoms in total. The Balaban J connectivity index is 0.00000385. The van der Waals surface area contributed by atoms with Crippen LogP contribution < -0.4 is 19.5 Å². The number of benzene rings is 2. The molecule has 9 heteroatoms. The molecule has 0 bridgehead atoms. The summed E-state index contributed by atoms with van der Waals surface area (Å²) in [6.07, 6.45) is 1.72. The molecule has 0 spiro atoms. The third-order valence-electron chi connectivity index (χ3n) is 5.39. The number of likely N-dealkylation sites (N-methyl/N-ethyl adjacent to an activating group) is 1. The number of methoxy groups -OCH3 is 2. The number of ether oxygens (including phenoxy) is 3. The minimum absolute atomic E-state index is 0. The highest BCUT2D eigenvalue weighted by Gasteiger charge is 2.25. The third kappa shape index (κ3) is 7.00. The van der Waals surface area contributed by atoms with Crippen LogP contribution in [-0.2, 0) is 11.2 Å². The zero-order chi connectivity index (χ0) is 23.1. The van der Waals surface area contributed by atoms with Crippen LogP contribution in [0.4, 0.5) is 5.69 Å².